The molecule has 0 radical (unpaired) electrons. The summed E-state index contributed by atoms with van der Waals surface area (Å²) in [5.74, 6) is -1.42. The number of aromatic amines is 1. The monoisotopic (exact) mass is 438 g/mol. The number of carbonyl (C=O) groups is 2. The predicted octanol–water partition coefficient (Wildman–Crippen LogP) is 4.67. The van der Waals surface area contributed by atoms with Gasteiger partial charge in [0.15, 0.2) is 6.10 Å². The van der Waals surface area contributed by atoms with Crippen LogP contribution in [0.5, 0.6) is 0 Å². The molecular formula is C19H13Cl3N2O4. The molecule has 0 aliphatic heterocycles. The van der Waals surface area contributed by atoms with Gasteiger partial charge in [-0.3, -0.25) is 9.59 Å². The Hall–Kier alpha value is -2.54. The lowest BCUT2D eigenvalue weighted by atomic mass is 10.1. The molecule has 0 spiro atoms. The molecule has 2 N–H and O–H groups in total. The number of nitrogens with one attached hydrogen (secondary N) is 2. The molecule has 1 heterocycles. The number of halogens is 3. The van der Waals surface area contributed by atoms with Crippen molar-refractivity contribution in [2.75, 3.05) is 5.32 Å². The zero-order valence-electron chi connectivity index (χ0n) is 14.4. The summed E-state index contributed by atoms with van der Waals surface area (Å²) in [6, 6.07) is 10.7. The van der Waals surface area contributed by atoms with Crippen LogP contribution in [0.4, 0.5) is 5.69 Å². The van der Waals surface area contributed by atoms with Crippen LogP contribution in [-0.2, 0) is 9.53 Å². The summed E-state index contributed by atoms with van der Waals surface area (Å²) in [5, 5.41) is 3.66. The van der Waals surface area contributed by atoms with Gasteiger partial charge in [-0.1, -0.05) is 53.0 Å². The molecule has 0 bridgehead atoms. The van der Waals surface area contributed by atoms with Crippen LogP contribution < -0.4 is 10.9 Å². The van der Waals surface area contributed by atoms with E-state index in [2.05, 4.69) is 10.3 Å². The van der Waals surface area contributed by atoms with Crippen molar-refractivity contribution in [2.45, 2.75) is 13.0 Å². The molecule has 0 saturated carbocycles. The molecule has 1 aromatic heterocycles. The number of esters is 1. The summed E-state index contributed by atoms with van der Waals surface area (Å²) < 4.78 is 5.22. The van der Waals surface area contributed by atoms with Gasteiger partial charge in [-0.05, 0) is 25.1 Å². The molecule has 0 aliphatic carbocycles. The molecule has 144 valence electrons. The fourth-order valence-corrected chi connectivity index (χ4v) is 3.10. The van der Waals surface area contributed by atoms with Crippen LogP contribution in [0.2, 0.25) is 15.1 Å². The van der Waals surface area contributed by atoms with Gasteiger partial charge in [0.1, 0.15) is 0 Å². The molecule has 28 heavy (non-hydrogen) atoms. The molecule has 6 nitrogen and oxygen atoms in total. The summed E-state index contributed by atoms with van der Waals surface area (Å²) in [7, 11) is 0. The van der Waals surface area contributed by atoms with Gasteiger partial charge in [0.2, 0.25) is 5.56 Å². The number of H-pyrrole nitrogens is 1. The zero-order valence-corrected chi connectivity index (χ0v) is 16.7. The van der Waals surface area contributed by atoms with Crippen LogP contribution in [-0.4, -0.2) is 23.0 Å². The molecule has 0 saturated heterocycles. The fraction of sp³-hybridized carbons (Fsp3) is 0.105. The minimum atomic E-state index is -1.16. The van der Waals surface area contributed by atoms with Gasteiger partial charge < -0.3 is 15.0 Å². The molecule has 2 aromatic carbocycles. The minimum Gasteiger partial charge on any atom is -0.449 e. The third-order valence-corrected chi connectivity index (χ3v) is 4.93. The number of hydrogen-bond donors (Lipinski definition) is 2. The number of aromatic nitrogens is 1. The molecule has 1 amide bonds. The highest BCUT2D eigenvalue weighted by molar-refractivity contribution is 6.44. The fourth-order valence-electron chi connectivity index (χ4n) is 2.50. The number of benzene rings is 2. The van der Waals surface area contributed by atoms with Gasteiger partial charge in [0.25, 0.3) is 5.91 Å². The highest BCUT2D eigenvalue weighted by Gasteiger charge is 2.22. The van der Waals surface area contributed by atoms with E-state index in [1.807, 2.05) is 0 Å². The molecule has 3 rings (SSSR count). The van der Waals surface area contributed by atoms with Crippen LogP contribution >= 0.6 is 34.8 Å². The lowest BCUT2D eigenvalue weighted by Gasteiger charge is -2.15. The summed E-state index contributed by atoms with van der Waals surface area (Å²) in [6.45, 7) is 1.40. The first-order chi connectivity index (χ1) is 13.3. The lowest BCUT2D eigenvalue weighted by molar-refractivity contribution is -0.123. The largest absolute Gasteiger partial charge is 0.449 e. The first-order valence-electron chi connectivity index (χ1n) is 8.04. The molecule has 1 atom stereocenters. The minimum absolute atomic E-state index is 0.0616. The van der Waals surface area contributed by atoms with Crippen LogP contribution in [0.1, 0.15) is 17.3 Å². The van der Waals surface area contributed by atoms with Crippen LogP contribution in [0.25, 0.3) is 10.9 Å². The topological polar surface area (TPSA) is 88.3 Å². The normalized spacial score (nSPS) is 11.9. The maximum absolute atomic E-state index is 12.5. The zero-order chi connectivity index (χ0) is 20.4. The van der Waals surface area contributed by atoms with Crippen molar-refractivity contribution in [1.29, 1.82) is 0 Å². The first-order valence-corrected chi connectivity index (χ1v) is 9.18. The van der Waals surface area contributed by atoms with Gasteiger partial charge in [-0.15, -0.1) is 0 Å². The van der Waals surface area contributed by atoms with Crippen molar-refractivity contribution >= 4 is 63.3 Å². The maximum atomic E-state index is 12.5. The second-order valence-corrected chi connectivity index (χ2v) is 7.10. The quantitative estimate of drug-likeness (QED) is 0.457. The van der Waals surface area contributed by atoms with Crippen LogP contribution in [0.3, 0.4) is 0 Å². The third kappa shape index (κ3) is 4.30. The molecule has 1 unspecified atom stereocenters. The Bertz CT molecular complexity index is 1140. The Morgan fingerprint density at radius 1 is 1.04 bits per heavy atom. The van der Waals surface area contributed by atoms with Crippen molar-refractivity contribution in [2.24, 2.45) is 0 Å². The predicted molar refractivity (Wildman–Crippen MR) is 110 cm³/mol. The number of amides is 1. The summed E-state index contributed by atoms with van der Waals surface area (Å²) in [6.07, 6.45) is -1.16. The molecule has 0 aliphatic rings. The number of para-hydroxylation sites is 1. The number of fused-ring (bicyclic) bond motifs is 1. The van der Waals surface area contributed by atoms with E-state index < -0.39 is 23.5 Å². The number of pyridine rings is 1. The Morgan fingerprint density at radius 3 is 2.46 bits per heavy atom. The first kappa shape index (κ1) is 20.2. The lowest BCUT2D eigenvalue weighted by Crippen LogP contribution is -2.30. The van der Waals surface area contributed by atoms with E-state index in [9.17, 15) is 14.4 Å². The average molecular weight is 440 g/mol. The Morgan fingerprint density at radius 2 is 1.71 bits per heavy atom. The van der Waals surface area contributed by atoms with E-state index in [1.54, 1.807) is 24.3 Å². The maximum Gasteiger partial charge on any atom is 0.339 e. The van der Waals surface area contributed by atoms with E-state index in [1.165, 1.54) is 19.1 Å². The smallest absolute Gasteiger partial charge is 0.339 e. The molecule has 9 heteroatoms. The second-order valence-electron chi connectivity index (χ2n) is 5.88. The van der Waals surface area contributed by atoms with E-state index in [-0.39, 0.29) is 26.3 Å². The average Bonchev–Trinajstić information content (AvgIpc) is 2.65. The Labute approximate surface area is 174 Å². The SMILES string of the molecule is CC(OC(=O)c1cc(=O)[nH]c2ccccc12)C(=O)Nc1cc(Cl)c(Cl)cc1Cl. The van der Waals surface area contributed by atoms with E-state index in [4.69, 9.17) is 39.5 Å². The van der Waals surface area contributed by atoms with Crippen LogP contribution in [0.15, 0.2) is 47.3 Å². The van der Waals surface area contributed by atoms with Gasteiger partial charge in [0, 0.05) is 17.0 Å². The van der Waals surface area contributed by atoms with Crippen molar-refractivity contribution in [3.8, 4) is 0 Å². The molecule has 0 fully saturated rings. The van der Waals surface area contributed by atoms with E-state index >= 15 is 0 Å². The number of anilines is 1. The van der Waals surface area contributed by atoms with Gasteiger partial charge in [0.05, 0.1) is 26.3 Å². The van der Waals surface area contributed by atoms with Crippen molar-refractivity contribution in [1.82, 2.24) is 4.98 Å². The van der Waals surface area contributed by atoms with Crippen molar-refractivity contribution < 1.29 is 14.3 Å². The standard InChI is InChI=1S/C19H13Cl3N2O4/c1-9(18(26)24-16-8-13(21)12(20)7-14(16)22)28-19(27)11-6-17(25)23-15-5-3-2-4-10(11)15/h2-9H,1H3,(H,23,25)(H,24,26). The van der Waals surface area contributed by atoms with Crippen molar-refractivity contribution in [3.63, 3.8) is 0 Å². The van der Waals surface area contributed by atoms with E-state index in [0.29, 0.717) is 10.9 Å². The Balaban J connectivity index is 1.79. The number of rotatable bonds is 4. The summed E-state index contributed by atoms with van der Waals surface area (Å²) in [4.78, 5) is 39.3. The molecule has 3 aromatic rings. The number of ether oxygens (including phenoxy) is 1. The highest BCUT2D eigenvalue weighted by Crippen LogP contribution is 2.32. The number of carbonyl (C=O) groups excluding carboxylic acids is 2. The Kier molecular flexibility index (Phi) is 5.93. The van der Waals surface area contributed by atoms with Gasteiger partial charge in [-0.25, -0.2) is 4.79 Å². The molecular weight excluding hydrogens is 427 g/mol. The van der Waals surface area contributed by atoms with E-state index in [0.717, 1.165) is 6.07 Å². The second kappa shape index (κ2) is 8.22. The van der Waals surface area contributed by atoms with Gasteiger partial charge >= 0.3 is 5.97 Å². The third-order valence-electron chi connectivity index (χ3n) is 3.89. The van der Waals surface area contributed by atoms with Crippen molar-refractivity contribution in [3.05, 3.63) is 73.4 Å². The van der Waals surface area contributed by atoms with Gasteiger partial charge in [-0.2, -0.15) is 0 Å². The number of hydrogen-bond acceptors (Lipinski definition) is 4. The summed E-state index contributed by atoms with van der Waals surface area (Å²) in [5.41, 5.74) is 0.323. The highest BCUT2D eigenvalue weighted by atomic mass is 35.5. The van der Waals surface area contributed by atoms with Crippen LogP contribution in [0, 0.1) is 0 Å². The summed E-state index contributed by atoms with van der Waals surface area (Å²) >= 11 is 17.8.